The van der Waals surface area contributed by atoms with Gasteiger partial charge in [-0.3, -0.25) is 4.99 Å². The Hall–Kier alpha value is -1.31. The molecule has 0 radical (unpaired) electrons. The van der Waals surface area contributed by atoms with Gasteiger partial charge < -0.3 is 4.98 Å². The topological polar surface area (TPSA) is 28.1 Å². The average Bonchev–Trinajstić information content (AvgIpc) is 2.57. The lowest BCUT2D eigenvalue weighted by Gasteiger charge is -2.11. The summed E-state index contributed by atoms with van der Waals surface area (Å²) in [6, 6.07) is 2.15. The Bertz CT molecular complexity index is 358. The van der Waals surface area contributed by atoms with E-state index in [0.717, 1.165) is 12.1 Å². The van der Waals surface area contributed by atoms with Gasteiger partial charge in [0.25, 0.3) is 0 Å². The molecule has 0 fully saturated rings. The second kappa shape index (κ2) is 3.21. The van der Waals surface area contributed by atoms with E-state index >= 15 is 0 Å². The van der Waals surface area contributed by atoms with Crippen molar-refractivity contribution in [3.8, 4) is 0 Å². The van der Waals surface area contributed by atoms with Gasteiger partial charge in [0.1, 0.15) is 0 Å². The minimum Gasteiger partial charge on any atom is -0.360 e. The molecule has 1 aliphatic rings. The molecule has 2 nitrogen and oxygen atoms in total. The van der Waals surface area contributed by atoms with Gasteiger partial charge >= 0.3 is 0 Å². The van der Waals surface area contributed by atoms with Crippen LogP contribution < -0.4 is 0 Å². The van der Waals surface area contributed by atoms with Crippen LogP contribution in [0.5, 0.6) is 0 Å². The molecule has 1 unspecified atom stereocenters. The number of aromatic amines is 1. The van der Waals surface area contributed by atoms with E-state index in [0.29, 0.717) is 5.92 Å². The maximum absolute atomic E-state index is 4.34. The van der Waals surface area contributed by atoms with Gasteiger partial charge in [0, 0.05) is 12.4 Å². The Morgan fingerprint density at radius 3 is 3.23 bits per heavy atom. The third-order valence-corrected chi connectivity index (χ3v) is 2.54. The summed E-state index contributed by atoms with van der Waals surface area (Å²) in [6.45, 7) is 4.29. The van der Waals surface area contributed by atoms with E-state index in [-0.39, 0.29) is 0 Å². The zero-order valence-electron chi connectivity index (χ0n) is 8.04. The maximum Gasteiger partial charge on any atom is 0.0631 e. The Labute approximate surface area is 78.4 Å². The lowest BCUT2D eigenvalue weighted by molar-refractivity contribution is 0.776. The van der Waals surface area contributed by atoms with Crippen LogP contribution in [0.25, 0.3) is 0 Å². The first-order valence-corrected chi connectivity index (χ1v) is 4.66. The summed E-state index contributed by atoms with van der Waals surface area (Å²) in [5, 5.41) is 0. The molecule has 1 aliphatic heterocycles. The summed E-state index contributed by atoms with van der Waals surface area (Å²) < 4.78 is 0. The molecule has 68 valence electrons. The third kappa shape index (κ3) is 1.44. The summed E-state index contributed by atoms with van der Waals surface area (Å²) in [6.07, 6.45) is 7.09. The third-order valence-electron chi connectivity index (χ3n) is 2.54. The van der Waals surface area contributed by atoms with Crippen LogP contribution in [-0.4, -0.2) is 10.7 Å². The van der Waals surface area contributed by atoms with E-state index < -0.39 is 0 Å². The molecule has 1 aromatic rings. The number of H-pyrrole nitrogens is 1. The van der Waals surface area contributed by atoms with Crippen LogP contribution in [0.15, 0.2) is 29.5 Å². The van der Waals surface area contributed by atoms with Gasteiger partial charge in [-0.2, -0.15) is 0 Å². The molecular weight excluding hydrogens is 160 g/mol. The van der Waals surface area contributed by atoms with Crippen molar-refractivity contribution in [3.05, 3.63) is 35.8 Å². The molecule has 0 aliphatic carbocycles. The normalized spacial score (nSPS) is 28.2. The Kier molecular flexibility index (Phi) is 2.05. The zero-order chi connectivity index (χ0) is 9.26. The molecule has 0 amide bonds. The van der Waals surface area contributed by atoms with Crippen LogP contribution in [0.1, 0.15) is 37.4 Å². The zero-order valence-corrected chi connectivity index (χ0v) is 8.04. The van der Waals surface area contributed by atoms with E-state index in [4.69, 9.17) is 0 Å². The lowest BCUT2D eigenvalue weighted by atomic mass is 9.96. The Balaban J connectivity index is 2.52. The van der Waals surface area contributed by atoms with E-state index in [1.807, 2.05) is 19.3 Å². The monoisotopic (exact) mass is 174 g/mol. The smallest absolute Gasteiger partial charge is 0.0631 e. The minimum absolute atomic E-state index is 0.586. The number of aromatic nitrogens is 1. The minimum atomic E-state index is 0.586. The number of aliphatic imine (C=N–C) groups is 1. The maximum atomic E-state index is 4.34. The molecule has 13 heavy (non-hydrogen) atoms. The second-order valence-corrected chi connectivity index (χ2v) is 3.54. The van der Waals surface area contributed by atoms with Crippen LogP contribution in [0.3, 0.4) is 0 Å². The van der Waals surface area contributed by atoms with E-state index in [1.165, 1.54) is 11.3 Å². The highest BCUT2D eigenvalue weighted by Crippen LogP contribution is 2.24. The number of hydrogen-bond donors (Lipinski definition) is 1. The molecule has 0 spiro atoms. The first-order chi connectivity index (χ1) is 6.29. The number of fused-ring (bicyclic) bond motifs is 1. The quantitative estimate of drug-likeness (QED) is 0.626. The molecular formula is C11H14N2. The van der Waals surface area contributed by atoms with Gasteiger partial charge in [-0.25, -0.2) is 0 Å². The molecule has 1 N–H and O–H groups in total. The van der Waals surface area contributed by atoms with Crippen molar-refractivity contribution < 1.29 is 0 Å². The van der Waals surface area contributed by atoms with Gasteiger partial charge in [-0.05, 0) is 30.9 Å². The van der Waals surface area contributed by atoms with E-state index in [1.54, 1.807) is 0 Å². The van der Waals surface area contributed by atoms with E-state index in [9.17, 15) is 0 Å². The van der Waals surface area contributed by atoms with Gasteiger partial charge in [-0.15, -0.1) is 0 Å². The molecule has 2 heterocycles. The molecule has 2 heteroatoms. The van der Waals surface area contributed by atoms with Crippen LogP contribution >= 0.6 is 0 Å². The predicted molar refractivity (Wildman–Crippen MR) is 55.2 cm³/mol. The van der Waals surface area contributed by atoms with Crippen molar-refractivity contribution in [1.29, 1.82) is 0 Å². The summed E-state index contributed by atoms with van der Waals surface area (Å²) in [7, 11) is 0. The highest BCUT2D eigenvalue weighted by Gasteiger charge is 2.13. The van der Waals surface area contributed by atoms with Gasteiger partial charge in [0.05, 0.1) is 11.4 Å². The van der Waals surface area contributed by atoms with Crippen LogP contribution in [0.4, 0.5) is 0 Å². The number of rotatable bonds is 0. The first kappa shape index (κ1) is 8.30. The summed E-state index contributed by atoms with van der Waals surface area (Å²) >= 11 is 0. The van der Waals surface area contributed by atoms with Crippen LogP contribution in [0.2, 0.25) is 0 Å². The fourth-order valence-electron chi connectivity index (χ4n) is 1.73. The largest absolute Gasteiger partial charge is 0.360 e. The van der Waals surface area contributed by atoms with Crippen molar-refractivity contribution in [1.82, 2.24) is 4.98 Å². The highest BCUT2D eigenvalue weighted by atomic mass is 14.8. The SMILES string of the molecule is C/C1=N/C=C/CC(C)c2cc[nH]c21. The van der Waals surface area contributed by atoms with Crippen molar-refractivity contribution in [2.45, 2.75) is 26.2 Å². The Morgan fingerprint density at radius 1 is 1.54 bits per heavy atom. The fraction of sp³-hybridized carbons (Fsp3) is 0.364. The summed E-state index contributed by atoms with van der Waals surface area (Å²) in [5.74, 6) is 0.586. The number of hydrogen-bond acceptors (Lipinski definition) is 1. The van der Waals surface area contributed by atoms with Crippen molar-refractivity contribution in [3.63, 3.8) is 0 Å². The lowest BCUT2D eigenvalue weighted by Crippen LogP contribution is -2.03. The Morgan fingerprint density at radius 2 is 2.38 bits per heavy atom. The molecule has 0 saturated heterocycles. The summed E-state index contributed by atoms with van der Waals surface area (Å²) in [4.78, 5) is 7.58. The summed E-state index contributed by atoms with van der Waals surface area (Å²) in [5.41, 5.74) is 3.64. The molecule has 0 aromatic carbocycles. The second-order valence-electron chi connectivity index (χ2n) is 3.54. The van der Waals surface area contributed by atoms with Gasteiger partial charge in [-0.1, -0.05) is 13.0 Å². The fourth-order valence-corrected chi connectivity index (χ4v) is 1.73. The predicted octanol–water partition coefficient (Wildman–Crippen LogP) is 2.84. The van der Waals surface area contributed by atoms with E-state index in [2.05, 4.69) is 29.0 Å². The molecule has 1 atom stereocenters. The van der Waals surface area contributed by atoms with Crippen LogP contribution in [0, 0.1) is 0 Å². The van der Waals surface area contributed by atoms with Crippen molar-refractivity contribution in [2.24, 2.45) is 4.99 Å². The molecule has 0 saturated carbocycles. The van der Waals surface area contributed by atoms with Crippen molar-refractivity contribution >= 4 is 5.71 Å². The number of allylic oxidation sites excluding steroid dienone is 1. The molecule has 0 bridgehead atoms. The average molecular weight is 174 g/mol. The van der Waals surface area contributed by atoms with Crippen molar-refractivity contribution in [2.75, 3.05) is 0 Å². The number of nitrogens with zero attached hydrogens (tertiary/aromatic N) is 1. The van der Waals surface area contributed by atoms with Gasteiger partial charge in [0.2, 0.25) is 0 Å². The van der Waals surface area contributed by atoms with Gasteiger partial charge in [0.15, 0.2) is 0 Å². The molecule has 2 rings (SSSR count). The van der Waals surface area contributed by atoms with Crippen LogP contribution in [-0.2, 0) is 0 Å². The molecule has 1 aromatic heterocycles. The standard InChI is InChI=1S/C11H14N2/c1-8-4-3-6-12-9(2)11-10(8)5-7-13-11/h3,5-8,13H,4H2,1-2H3/b6-3+,12-9-. The highest BCUT2D eigenvalue weighted by molar-refractivity contribution is 5.99. The first-order valence-electron chi connectivity index (χ1n) is 4.66. The number of nitrogens with one attached hydrogen (secondary N) is 1.